The molecule has 3 aromatic rings. The summed E-state index contributed by atoms with van der Waals surface area (Å²) in [6.45, 7) is 0. The first-order valence-corrected chi connectivity index (χ1v) is 11.3. The molecule has 0 fully saturated rings. The summed E-state index contributed by atoms with van der Waals surface area (Å²) in [5, 5.41) is 1.12. The van der Waals surface area contributed by atoms with Crippen LogP contribution in [-0.2, 0) is 0 Å². The minimum absolute atomic E-state index is 0.583. The molecule has 0 unspecified atom stereocenters. The van der Waals surface area contributed by atoms with E-state index in [-0.39, 0.29) is 0 Å². The fourth-order valence-electron chi connectivity index (χ4n) is 2.50. The monoisotopic (exact) mass is 568 g/mol. The van der Waals surface area contributed by atoms with E-state index in [2.05, 4.69) is 65.0 Å². The summed E-state index contributed by atoms with van der Waals surface area (Å²) < 4.78 is 19.5. The van der Waals surface area contributed by atoms with Gasteiger partial charge in [0.05, 0.1) is 21.3 Å². The fraction of sp³-hybridized carbons (Fsp3) is 0.188. The number of fused-ring (bicyclic) bond motifs is 1. The van der Waals surface area contributed by atoms with E-state index in [0.717, 1.165) is 25.7 Å². The lowest BCUT2D eigenvalue weighted by molar-refractivity contribution is 0.324. The van der Waals surface area contributed by atoms with Crippen molar-refractivity contribution in [3.8, 4) is 28.4 Å². The first kappa shape index (κ1) is 17.9. The van der Waals surface area contributed by atoms with Gasteiger partial charge in [-0.05, 0) is 46.4 Å². The minimum Gasteiger partial charge on any atom is -0.493 e. The lowest BCUT2D eigenvalue weighted by Gasteiger charge is -2.14. The molecule has 126 valence electrons. The van der Waals surface area contributed by atoms with Gasteiger partial charge in [-0.15, -0.1) is 0 Å². The van der Waals surface area contributed by atoms with Gasteiger partial charge in [-0.2, -0.15) is 0 Å². The highest BCUT2D eigenvalue weighted by Crippen LogP contribution is 2.41. The molecule has 0 saturated carbocycles. The summed E-state index contributed by atoms with van der Waals surface area (Å²) in [5.74, 6) is 1.84. The molecule has 24 heavy (non-hydrogen) atoms. The Balaban J connectivity index is 2.18. The largest absolute Gasteiger partial charge is 0.493 e. The Morgan fingerprint density at radius 3 is 2.21 bits per heavy atom. The van der Waals surface area contributed by atoms with Gasteiger partial charge in [0, 0.05) is 57.2 Å². The maximum Gasteiger partial charge on any atom is 0.203 e. The molecule has 0 radical (unpaired) electrons. The highest BCUT2D eigenvalue weighted by molar-refractivity contribution is 14.2. The fourth-order valence-corrected chi connectivity index (χ4v) is 4.62. The smallest absolute Gasteiger partial charge is 0.203 e. The Bertz CT molecular complexity index is 873. The summed E-state index contributed by atoms with van der Waals surface area (Å²) in [6, 6.07) is 6.00. The van der Waals surface area contributed by atoms with Crippen molar-refractivity contribution in [3.05, 3.63) is 34.2 Å². The number of methoxy groups -OCH3 is 3. The van der Waals surface area contributed by atoms with Gasteiger partial charge in [0.2, 0.25) is 5.75 Å². The van der Waals surface area contributed by atoms with E-state index >= 15 is 0 Å². The number of nitrogens with zero attached hydrogens (tertiary/aromatic N) is 2. The number of rotatable bonds is 5. The van der Waals surface area contributed by atoms with E-state index in [0.29, 0.717) is 17.2 Å². The number of pyridine rings is 1. The Labute approximate surface area is 169 Å². The molecular weight excluding hydrogens is 554 g/mol. The van der Waals surface area contributed by atoms with Crippen LogP contribution in [0.5, 0.6) is 17.2 Å². The van der Waals surface area contributed by atoms with Gasteiger partial charge in [0.15, 0.2) is 17.1 Å². The van der Waals surface area contributed by atoms with Crippen LogP contribution >= 0.6 is 52.9 Å². The second kappa shape index (κ2) is 7.56. The van der Waals surface area contributed by atoms with Gasteiger partial charge in [-0.25, -0.2) is 4.98 Å². The van der Waals surface area contributed by atoms with Gasteiger partial charge >= 0.3 is 0 Å². The van der Waals surface area contributed by atoms with Crippen molar-refractivity contribution in [3.63, 3.8) is 0 Å². The molecule has 0 aliphatic heterocycles. The average molecular weight is 568 g/mol. The van der Waals surface area contributed by atoms with Crippen molar-refractivity contribution >= 4 is 63.9 Å². The van der Waals surface area contributed by atoms with Gasteiger partial charge in [-0.3, -0.25) is 3.97 Å². The van der Waals surface area contributed by atoms with Crippen LogP contribution in [0.15, 0.2) is 30.6 Å². The van der Waals surface area contributed by atoms with Crippen LogP contribution in [-0.4, -0.2) is 30.3 Å². The van der Waals surface area contributed by atoms with Crippen molar-refractivity contribution in [2.75, 3.05) is 21.3 Å². The molecule has 0 amide bonds. The van der Waals surface area contributed by atoms with Gasteiger partial charge in [-0.1, -0.05) is 0 Å². The summed E-state index contributed by atoms with van der Waals surface area (Å²) in [7, 11) is 6.43. The lowest BCUT2D eigenvalue weighted by atomic mass is 10.1. The highest BCUT2D eigenvalue weighted by atomic mass is 127. The Kier molecular flexibility index (Phi) is 5.65. The quantitative estimate of drug-likeness (QED) is 0.398. The topological polar surface area (TPSA) is 45.5 Å². The molecule has 0 atom stereocenters. The van der Waals surface area contributed by atoms with Gasteiger partial charge in [0.25, 0.3) is 0 Å². The molecule has 0 bridgehead atoms. The molecule has 2 heterocycles. The molecule has 0 saturated heterocycles. The van der Waals surface area contributed by atoms with Crippen molar-refractivity contribution in [2.45, 2.75) is 0 Å². The number of aromatic nitrogens is 2. The standard InChI is InChI=1S/C16H14I2N2O3S/c1-21-13-5-9(6-14(22-2)15(13)23-3)10-4-11-12(17)8-20(24-18)16(11)19-7-10/h4-8H,1-3H3. The molecular formula is C16H14I2N2O3S. The third kappa shape index (κ3) is 3.15. The van der Waals surface area contributed by atoms with Crippen LogP contribution in [0.1, 0.15) is 0 Å². The van der Waals surface area contributed by atoms with E-state index in [9.17, 15) is 0 Å². The molecule has 1 aromatic carbocycles. The van der Waals surface area contributed by atoms with Crippen molar-refractivity contribution < 1.29 is 14.2 Å². The number of hydrogen-bond donors (Lipinski definition) is 0. The molecule has 8 heteroatoms. The highest BCUT2D eigenvalue weighted by Gasteiger charge is 2.16. The number of halogens is 2. The summed E-state index contributed by atoms with van der Waals surface area (Å²) in [5.41, 5.74) is 2.91. The average Bonchev–Trinajstić information content (AvgIpc) is 2.95. The van der Waals surface area contributed by atoms with Crippen LogP contribution < -0.4 is 14.2 Å². The number of hydrogen-bond acceptors (Lipinski definition) is 5. The van der Waals surface area contributed by atoms with Crippen molar-refractivity contribution in [1.29, 1.82) is 0 Å². The van der Waals surface area contributed by atoms with Crippen LogP contribution in [0, 0.1) is 3.57 Å². The second-order valence-electron chi connectivity index (χ2n) is 4.88. The number of ether oxygens (including phenoxy) is 3. The molecule has 3 rings (SSSR count). The first-order chi connectivity index (χ1) is 11.6. The maximum absolute atomic E-state index is 5.44. The summed E-state index contributed by atoms with van der Waals surface area (Å²) in [6.07, 6.45) is 3.94. The van der Waals surface area contributed by atoms with Crippen LogP contribution in [0.2, 0.25) is 0 Å². The number of benzene rings is 1. The van der Waals surface area contributed by atoms with Gasteiger partial charge in [0.1, 0.15) is 0 Å². The molecule has 5 nitrogen and oxygen atoms in total. The van der Waals surface area contributed by atoms with Crippen LogP contribution in [0.4, 0.5) is 0 Å². The molecule has 0 aliphatic carbocycles. The predicted octanol–water partition coefficient (Wildman–Crippen LogP) is 5.18. The second-order valence-corrected chi connectivity index (χ2v) is 7.76. The normalized spacial score (nSPS) is 10.9. The zero-order chi connectivity index (χ0) is 17.3. The third-order valence-corrected chi connectivity index (χ3v) is 6.20. The van der Waals surface area contributed by atoms with E-state index in [1.165, 1.54) is 0 Å². The summed E-state index contributed by atoms with van der Waals surface area (Å²) >= 11 is 4.58. The van der Waals surface area contributed by atoms with E-state index in [4.69, 9.17) is 14.2 Å². The van der Waals surface area contributed by atoms with Gasteiger partial charge < -0.3 is 14.2 Å². The van der Waals surface area contributed by atoms with Crippen LogP contribution in [0.3, 0.4) is 0 Å². The predicted molar refractivity (Wildman–Crippen MR) is 115 cm³/mol. The third-order valence-electron chi connectivity index (χ3n) is 3.64. The molecule has 2 aromatic heterocycles. The van der Waals surface area contributed by atoms with Crippen LogP contribution in [0.25, 0.3) is 22.2 Å². The first-order valence-electron chi connectivity index (χ1n) is 6.89. The minimum atomic E-state index is 0.583. The van der Waals surface area contributed by atoms with Crippen molar-refractivity contribution in [2.24, 2.45) is 0 Å². The molecule has 0 spiro atoms. The summed E-state index contributed by atoms with van der Waals surface area (Å²) in [4.78, 5) is 4.62. The van der Waals surface area contributed by atoms with E-state index < -0.39 is 0 Å². The van der Waals surface area contributed by atoms with E-state index in [1.54, 1.807) is 30.4 Å². The Hall–Kier alpha value is -0.880. The Morgan fingerprint density at radius 1 is 1.00 bits per heavy atom. The Morgan fingerprint density at radius 2 is 1.67 bits per heavy atom. The lowest BCUT2D eigenvalue weighted by Crippen LogP contribution is -1.96. The zero-order valence-corrected chi connectivity index (χ0v) is 18.3. The molecule has 0 N–H and O–H groups in total. The maximum atomic E-state index is 5.44. The zero-order valence-electron chi connectivity index (χ0n) is 13.2. The van der Waals surface area contributed by atoms with E-state index in [1.807, 2.05) is 18.3 Å². The molecule has 0 aliphatic rings. The van der Waals surface area contributed by atoms with Crippen molar-refractivity contribution in [1.82, 2.24) is 8.96 Å². The SMILES string of the molecule is COc1cc(-c2cnc3c(c2)c(I)cn3SI)cc(OC)c1OC.